The summed E-state index contributed by atoms with van der Waals surface area (Å²) in [6, 6.07) is 104. The summed E-state index contributed by atoms with van der Waals surface area (Å²) in [5.74, 6) is 28.2. The molecule has 0 fully saturated rings. The number of benzene rings is 16. The lowest BCUT2D eigenvalue weighted by molar-refractivity contribution is 1.28. The molecule has 0 N–H and O–H groups in total. The van der Waals surface area contributed by atoms with Crippen LogP contribution in [0.3, 0.4) is 0 Å². The number of anilines is 6. The highest BCUT2D eigenvalue weighted by molar-refractivity contribution is 6.92. The van der Waals surface area contributed by atoms with Gasteiger partial charge in [0.15, 0.2) is 5.69 Å². The quantitative estimate of drug-likeness (QED) is 0.0625. The summed E-state index contributed by atoms with van der Waals surface area (Å²) < 4.78 is 0. The maximum Gasteiger partial charge on any atom is 0.187 e. The van der Waals surface area contributed by atoms with Crippen LogP contribution in [0.25, 0.3) is 69.5 Å². The Hall–Kier alpha value is -12.9. The Morgan fingerprint density at radius 3 is 0.798 bits per heavy atom. The molecular weight excluding hydrogens is 1370 g/mol. The summed E-state index contributed by atoms with van der Waals surface area (Å²) in [5, 5.41) is 28.6. The number of aryl methyl sites for hydroxylation is 1. The van der Waals surface area contributed by atoms with Crippen LogP contribution in [-0.2, 0) is 0 Å². The second kappa shape index (κ2) is 30.9. The average Bonchev–Trinajstić information content (AvgIpc) is 0.717. The van der Waals surface area contributed by atoms with E-state index in [9.17, 15) is 5.26 Å². The van der Waals surface area contributed by atoms with Crippen molar-refractivity contribution >= 4 is 144 Å². The van der Waals surface area contributed by atoms with Gasteiger partial charge in [-0.25, -0.2) is 4.85 Å². The first-order valence-corrected chi connectivity index (χ1v) is 46.9. The van der Waals surface area contributed by atoms with Crippen LogP contribution in [0.15, 0.2) is 291 Å². The lowest BCUT2D eigenvalue weighted by Gasteiger charge is -2.26. The Labute approximate surface area is 647 Å². The Kier molecular flexibility index (Phi) is 21.1. The Morgan fingerprint density at radius 2 is 0.514 bits per heavy atom. The van der Waals surface area contributed by atoms with E-state index >= 15 is 0 Å². The van der Waals surface area contributed by atoms with Gasteiger partial charge in [-0.1, -0.05) is 282 Å². The molecule has 0 heterocycles. The molecule has 526 valence electrons. The van der Waals surface area contributed by atoms with E-state index in [0.29, 0.717) is 11.3 Å². The molecule has 4 nitrogen and oxygen atoms in total. The van der Waals surface area contributed by atoms with Gasteiger partial charge in [-0.05, 0) is 223 Å². The molecule has 0 unspecified atom stereocenters. The van der Waals surface area contributed by atoms with E-state index in [0.717, 1.165) is 78.6 Å². The van der Waals surface area contributed by atoms with Crippen LogP contribution in [0.4, 0.5) is 39.8 Å². The molecule has 0 aliphatic carbocycles. The molecule has 0 spiro atoms. The molecule has 0 atom stereocenters. The van der Waals surface area contributed by atoms with Crippen LogP contribution in [0.5, 0.6) is 0 Å². The first kappa shape index (κ1) is 74.3. The van der Waals surface area contributed by atoms with Gasteiger partial charge in [0.2, 0.25) is 0 Å². The standard InChI is InChI=1S/C60H46N2Si.C40H32N2Si2.2CH4/c1-43-41-46(31-25-44-27-33-52(34-28-44)61(48-17-9-5-10-18-48)49-19-11-6-12-20-49)55-38-39-56-47(42-58(63(2,3)4)57-40-37-54(43)59(55)60(56)57)32-26-45-29-35-53(36-30-45)62(50-21-13-7-14-22-50)51-23-15-8-16-24-51;1-42-32-18-14-28(15-19-32)13-17-31-25-38(44(5,6)7)36-23-22-35-37(43(2,3)4)24-30(33-20-21-34(31)40(36)39(33)35)16-12-27-8-10-29(26-41)11-9-27;;/h5-24,27-30,33-42H,1-4H3;8-11,14-15,18-25H,2-7H3;2*1H4. The third-order valence-electron chi connectivity index (χ3n) is 20.1. The second-order valence-corrected chi connectivity index (χ2v) is 45.6. The number of para-hydroxylation sites is 4. The monoisotopic (exact) mass is 1450 g/mol. The summed E-state index contributed by atoms with van der Waals surface area (Å²) >= 11 is 0. The molecule has 0 aliphatic heterocycles. The highest BCUT2D eigenvalue weighted by Gasteiger charge is 2.28. The SMILES string of the molecule is C.C.Cc1cc(C#Cc2ccc(N(c3ccccc3)c3ccccc3)cc2)c2ccc3c(C#Cc4ccc(N(c5ccccc5)c5ccccc5)cc4)cc([Si](C)(C)C)c4ccc1c2c34.[C-]#[N+]c1ccc(C#Cc2cc([Si](C)(C)C)c3ccc4c([Si](C)(C)C)cc(C#Cc5ccc(C#N)cc5)c5ccc2c3c54)cc1. The third-order valence-corrected chi connectivity index (χ3v) is 26.2. The highest BCUT2D eigenvalue weighted by atomic mass is 28.3. The van der Waals surface area contributed by atoms with Gasteiger partial charge < -0.3 is 9.80 Å². The average molecular weight is 1450 g/mol. The molecule has 0 aliphatic rings. The Balaban J connectivity index is 0.000000200. The molecule has 16 aromatic rings. The zero-order chi connectivity index (χ0) is 74.1. The largest absolute Gasteiger partial charge is 0.311 e. The minimum absolute atomic E-state index is 0. The van der Waals surface area contributed by atoms with Gasteiger partial charge in [-0.2, -0.15) is 5.26 Å². The Bertz CT molecular complexity index is 6180. The zero-order valence-corrected chi connectivity index (χ0v) is 65.0. The van der Waals surface area contributed by atoms with E-state index < -0.39 is 24.2 Å². The summed E-state index contributed by atoms with van der Waals surface area (Å²) in [5.41, 5.74) is 17.1. The van der Waals surface area contributed by atoms with Gasteiger partial charge in [0.25, 0.3) is 0 Å². The molecule has 0 aromatic heterocycles. The molecule has 0 bridgehead atoms. The van der Waals surface area contributed by atoms with Crippen molar-refractivity contribution in [1.29, 1.82) is 5.26 Å². The number of hydrogen-bond acceptors (Lipinski definition) is 3. The first-order chi connectivity index (χ1) is 51.8. The van der Waals surface area contributed by atoms with Crippen molar-refractivity contribution in [2.45, 2.75) is 80.7 Å². The van der Waals surface area contributed by atoms with Crippen LogP contribution in [0, 0.1) is 72.2 Å². The molecule has 16 aromatic carbocycles. The van der Waals surface area contributed by atoms with Crippen LogP contribution in [0.1, 0.15) is 70.5 Å². The normalized spacial score (nSPS) is 11.1. The van der Waals surface area contributed by atoms with Gasteiger partial charge in [0.1, 0.15) is 0 Å². The lowest BCUT2D eigenvalue weighted by Crippen LogP contribution is -2.39. The van der Waals surface area contributed by atoms with Crippen molar-refractivity contribution in [3.63, 3.8) is 0 Å². The van der Waals surface area contributed by atoms with Crippen molar-refractivity contribution < 1.29 is 0 Å². The summed E-state index contributed by atoms with van der Waals surface area (Å²) in [6.45, 7) is 31.2. The maximum absolute atomic E-state index is 9.20. The fourth-order valence-corrected chi connectivity index (χ4v) is 19.6. The van der Waals surface area contributed by atoms with Crippen LogP contribution < -0.4 is 25.4 Å². The van der Waals surface area contributed by atoms with E-state index in [1.807, 2.05) is 48.5 Å². The van der Waals surface area contributed by atoms with Gasteiger partial charge in [-0.3, -0.25) is 0 Å². The third kappa shape index (κ3) is 15.2. The fourth-order valence-electron chi connectivity index (χ4n) is 14.8. The van der Waals surface area contributed by atoms with Crippen molar-refractivity contribution in [2.75, 3.05) is 9.80 Å². The molecule has 109 heavy (non-hydrogen) atoms. The topological polar surface area (TPSA) is 34.6 Å². The number of rotatable bonds is 9. The minimum atomic E-state index is -1.80. The molecule has 16 rings (SSSR count). The van der Waals surface area contributed by atoms with Gasteiger partial charge >= 0.3 is 0 Å². The zero-order valence-electron chi connectivity index (χ0n) is 62.0. The van der Waals surface area contributed by atoms with E-state index in [1.165, 1.54) is 85.8 Å². The smallest absolute Gasteiger partial charge is 0.187 e. The highest BCUT2D eigenvalue weighted by Crippen LogP contribution is 2.42. The molecule has 0 saturated heterocycles. The molecule has 7 heteroatoms. The number of nitrogens with zero attached hydrogens (tertiary/aromatic N) is 4. The predicted octanol–water partition coefficient (Wildman–Crippen LogP) is 25.3. The van der Waals surface area contributed by atoms with E-state index in [-0.39, 0.29) is 14.9 Å². The molecule has 0 amide bonds. The summed E-state index contributed by atoms with van der Waals surface area (Å²) in [7, 11) is -5.30. The second-order valence-electron chi connectivity index (χ2n) is 30.5. The molecule has 0 radical (unpaired) electrons. The van der Waals surface area contributed by atoms with E-state index in [1.54, 1.807) is 0 Å². The molecular formula is C102H86N4Si3. The van der Waals surface area contributed by atoms with Gasteiger partial charge in [0, 0.05) is 78.6 Å². The summed E-state index contributed by atoms with van der Waals surface area (Å²) in [6.07, 6.45) is 0. The van der Waals surface area contributed by atoms with Crippen LogP contribution in [0.2, 0.25) is 58.9 Å². The maximum atomic E-state index is 9.20. The lowest BCUT2D eigenvalue weighted by atomic mass is 9.88. The first-order valence-electron chi connectivity index (χ1n) is 36.4. The number of nitriles is 1. The van der Waals surface area contributed by atoms with Crippen molar-refractivity contribution in [2.24, 2.45) is 0 Å². The van der Waals surface area contributed by atoms with Crippen LogP contribution in [-0.4, -0.2) is 24.2 Å². The van der Waals surface area contributed by atoms with E-state index in [4.69, 9.17) is 6.57 Å². The minimum Gasteiger partial charge on any atom is -0.311 e. The Morgan fingerprint density at radius 1 is 0.275 bits per heavy atom. The predicted molar refractivity (Wildman–Crippen MR) is 477 cm³/mol. The molecule has 0 saturated carbocycles. The fraction of sp³-hybridized carbons (Fsp3) is 0.118. The van der Waals surface area contributed by atoms with Crippen molar-refractivity contribution in [3.8, 4) is 53.4 Å². The van der Waals surface area contributed by atoms with Gasteiger partial charge in [0.05, 0.1) is 42.4 Å². The summed E-state index contributed by atoms with van der Waals surface area (Å²) in [4.78, 5) is 8.07. The van der Waals surface area contributed by atoms with Crippen molar-refractivity contribution in [1.82, 2.24) is 0 Å². The van der Waals surface area contributed by atoms with Crippen LogP contribution >= 0.6 is 0 Å². The number of hydrogen-bond donors (Lipinski definition) is 0. The van der Waals surface area contributed by atoms with E-state index in [2.05, 4.69) is 377 Å². The van der Waals surface area contributed by atoms with Gasteiger partial charge in [-0.15, -0.1) is 0 Å². The van der Waals surface area contributed by atoms with Crippen molar-refractivity contribution in [3.05, 3.63) is 358 Å².